The Morgan fingerprint density at radius 3 is 2.90 bits per heavy atom. The van der Waals surface area contributed by atoms with E-state index in [1.165, 1.54) is 18.4 Å². The molecule has 5 nitrogen and oxygen atoms in total. The average molecular weight is 276 g/mol. The zero-order valence-corrected chi connectivity index (χ0v) is 10.7. The van der Waals surface area contributed by atoms with Crippen molar-refractivity contribution in [3.8, 4) is 0 Å². The van der Waals surface area contributed by atoms with E-state index in [1.54, 1.807) is 23.1 Å². The van der Waals surface area contributed by atoms with Crippen molar-refractivity contribution in [2.24, 2.45) is 0 Å². The van der Waals surface area contributed by atoms with Crippen LogP contribution in [0.5, 0.6) is 0 Å². The molecule has 0 N–H and O–H groups in total. The van der Waals surface area contributed by atoms with Gasteiger partial charge in [0.15, 0.2) is 5.69 Å². The summed E-state index contributed by atoms with van der Waals surface area (Å²) in [5.41, 5.74) is 0.811. The lowest BCUT2D eigenvalue weighted by Crippen LogP contribution is -2.54. The van der Waals surface area contributed by atoms with Crippen LogP contribution in [0.1, 0.15) is 16.1 Å². The van der Waals surface area contributed by atoms with Crippen molar-refractivity contribution < 1.29 is 18.4 Å². The number of benzene rings is 1. The van der Waals surface area contributed by atoms with Crippen LogP contribution >= 0.6 is 0 Å². The number of halogens is 1. The molecule has 2 heterocycles. The average Bonchev–Trinajstić information content (AvgIpc) is 2.92. The summed E-state index contributed by atoms with van der Waals surface area (Å²) in [5.74, 6) is -0.452. The van der Waals surface area contributed by atoms with Crippen molar-refractivity contribution in [2.75, 3.05) is 13.1 Å². The Balaban J connectivity index is 1.47. The minimum Gasteiger partial charge on any atom is -0.370 e. The first kappa shape index (κ1) is 12.8. The zero-order valence-electron chi connectivity index (χ0n) is 10.7. The summed E-state index contributed by atoms with van der Waals surface area (Å²) in [5, 5.41) is 3.59. The minimum absolute atomic E-state index is 0.0644. The highest BCUT2D eigenvalue weighted by Crippen LogP contribution is 2.17. The third-order valence-corrected chi connectivity index (χ3v) is 3.22. The zero-order chi connectivity index (χ0) is 13.9. The fourth-order valence-electron chi connectivity index (χ4n) is 2.02. The van der Waals surface area contributed by atoms with Crippen LogP contribution in [-0.2, 0) is 11.3 Å². The minimum atomic E-state index is -0.276. The number of likely N-dealkylation sites (tertiary alicyclic amines) is 1. The fourth-order valence-corrected chi connectivity index (χ4v) is 2.02. The van der Waals surface area contributed by atoms with Crippen LogP contribution < -0.4 is 0 Å². The standard InChI is InChI=1S/C14H13FN2O3/c15-12-4-2-1-3-10(12)9-19-11-7-17(8-11)14(18)13-5-6-20-16-13/h1-6,11H,7-9H2. The van der Waals surface area contributed by atoms with Gasteiger partial charge in [0, 0.05) is 24.7 Å². The van der Waals surface area contributed by atoms with Crippen molar-refractivity contribution >= 4 is 5.91 Å². The molecular formula is C14H13FN2O3. The van der Waals surface area contributed by atoms with E-state index in [-0.39, 0.29) is 30.1 Å². The van der Waals surface area contributed by atoms with Crippen LogP contribution in [-0.4, -0.2) is 35.2 Å². The number of rotatable bonds is 4. The lowest BCUT2D eigenvalue weighted by Gasteiger charge is -2.38. The molecule has 0 unspecified atom stereocenters. The fraction of sp³-hybridized carbons (Fsp3) is 0.286. The molecule has 0 bridgehead atoms. The second kappa shape index (κ2) is 5.42. The Morgan fingerprint density at radius 1 is 1.40 bits per heavy atom. The Labute approximate surface area is 114 Å². The van der Waals surface area contributed by atoms with Gasteiger partial charge in [-0.3, -0.25) is 4.79 Å². The highest BCUT2D eigenvalue weighted by Gasteiger charge is 2.33. The first-order valence-corrected chi connectivity index (χ1v) is 6.28. The number of hydrogen-bond donors (Lipinski definition) is 0. The first-order chi connectivity index (χ1) is 9.74. The second-order valence-corrected chi connectivity index (χ2v) is 4.62. The number of carbonyl (C=O) groups excluding carboxylic acids is 1. The van der Waals surface area contributed by atoms with Crippen LogP contribution in [0.4, 0.5) is 4.39 Å². The van der Waals surface area contributed by atoms with Gasteiger partial charge in [-0.05, 0) is 6.07 Å². The van der Waals surface area contributed by atoms with Gasteiger partial charge >= 0.3 is 0 Å². The highest BCUT2D eigenvalue weighted by atomic mass is 19.1. The van der Waals surface area contributed by atoms with Crippen molar-refractivity contribution in [1.29, 1.82) is 0 Å². The third kappa shape index (κ3) is 2.55. The van der Waals surface area contributed by atoms with Crippen LogP contribution in [0.15, 0.2) is 41.1 Å². The normalized spacial score (nSPS) is 15.2. The predicted octanol–water partition coefficient (Wildman–Crippen LogP) is 1.85. The maximum Gasteiger partial charge on any atom is 0.276 e. The molecule has 1 saturated heterocycles. The lowest BCUT2D eigenvalue weighted by molar-refractivity contribution is -0.0512. The van der Waals surface area contributed by atoms with Gasteiger partial charge in [-0.15, -0.1) is 0 Å². The van der Waals surface area contributed by atoms with Crippen molar-refractivity contribution in [2.45, 2.75) is 12.7 Å². The number of nitrogens with zero attached hydrogens (tertiary/aromatic N) is 2. The smallest absolute Gasteiger partial charge is 0.276 e. The molecule has 104 valence electrons. The Bertz CT molecular complexity index is 594. The SMILES string of the molecule is O=C(c1ccon1)N1CC(OCc2ccccc2F)C1. The van der Waals surface area contributed by atoms with Gasteiger partial charge in [-0.1, -0.05) is 23.4 Å². The van der Waals surface area contributed by atoms with Gasteiger partial charge in [0.25, 0.3) is 5.91 Å². The molecule has 1 aliphatic heterocycles. The molecule has 20 heavy (non-hydrogen) atoms. The van der Waals surface area contributed by atoms with Gasteiger partial charge in [-0.2, -0.15) is 0 Å². The molecule has 0 saturated carbocycles. The maximum atomic E-state index is 13.4. The van der Waals surface area contributed by atoms with Crippen LogP contribution in [0.25, 0.3) is 0 Å². The van der Waals surface area contributed by atoms with Gasteiger partial charge in [-0.25, -0.2) is 4.39 Å². The molecule has 1 aromatic heterocycles. The summed E-state index contributed by atoms with van der Waals surface area (Å²) in [6.45, 7) is 1.18. The molecule has 1 aliphatic rings. The first-order valence-electron chi connectivity index (χ1n) is 6.28. The van der Waals surface area contributed by atoms with Crippen LogP contribution in [0.3, 0.4) is 0 Å². The topological polar surface area (TPSA) is 55.6 Å². The molecule has 0 spiro atoms. The summed E-state index contributed by atoms with van der Waals surface area (Å²) in [7, 11) is 0. The number of hydrogen-bond acceptors (Lipinski definition) is 4. The Kier molecular flexibility index (Phi) is 3.47. The molecule has 0 atom stereocenters. The molecule has 1 aromatic carbocycles. The summed E-state index contributed by atoms with van der Waals surface area (Å²) < 4.78 is 23.6. The molecule has 1 fully saturated rings. The van der Waals surface area contributed by atoms with E-state index in [9.17, 15) is 9.18 Å². The van der Waals surface area contributed by atoms with Crippen LogP contribution in [0, 0.1) is 5.82 Å². The second-order valence-electron chi connectivity index (χ2n) is 4.62. The van der Waals surface area contributed by atoms with Crippen molar-refractivity contribution in [3.05, 3.63) is 53.7 Å². The van der Waals surface area contributed by atoms with E-state index in [1.807, 2.05) is 0 Å². The molecule has 0 aliphatic carbocycles. The monoisotopic (exact) mass is 276 g/mol. The van der Waals surface area contributed by atoms with E-state index in [0.717, 1.165) is 0 Å². The number of aromatic nitrogens is 1. The molecular weight excluding hydrogens is 263 g/mol. The Hall–Kier alpha value is -2.21. The van der Waals surface area contributed by atoms with Gasteiger partial charge < -0.3 is 14.2 Å². The predicted molar refractivity (Wildman–Crippen MR) is 67.4 cm³/mol. The summed E-state index contributed by atoms with van der Waals surface area (Å²) in [6.07, 6.45) is 1.30. The molecule has 2 aromatic rings. The molecule has 1 amide bonds. The number of amides is 1. The summed E-state index contributed by atoms with van der Waals surface area (Å²) >= 11 is 0. The van der Waals surface area contributed by atoms with E-state index in [4.69, 9.17) is 4.74 Å². The van der Waals surface area contributed by atoms with Gasteiger partial charge in [0.05, 0.1) is 12.7 Å². The van der Waals surface area contributed by atoms with Crippen molar-refractivity contribution in [3.63, 3.8) is 0 Å². The third-order valence-electron chi connectivity index (χ3n) is 3.22. The summed E-state index contributed by atoms with van der Waals surface area (Å²) in [4.78, 5) is 13.5. The van der Waals surface area contributed by atoms with Gasteiger partial charge in [0.1, 0.15) is 12.1 Å². The van der Waals surface area contributed by atoms with E-state index in [0.29, 0.717) is 18.7 Å². The molecule has 6 heteroatoms. The summed E-state index contributed by atoms with van der Waals surface area (Å²) in [6, 6.07) is 8.02. The largest absolute Gasteiger partial charge is 0.370 e. The quantitative estimate of drug-likeness (QED) is 0.855. The van der Waals surface area contributed by atoms with Gasteiger partial charge in [0.2, 0.25) is 0 Å². The van der Waals surface area contributed by atoms with Crippen LogP contribution in [0.2, 0.25) is 0 Å². The van der Waals surface area contributed by atoms with Crippen molar-refractivity contribution in [1.82, 2.24) is 10.1 Å². The highest BCUT2D eigenvalue weighted by molar-refractivity contribution is 5.92. The lowest BCUT2D eigenvalue weighted by atomic mass is 10.1. The molecule has 0 radical (unpaired) electrons. The Morgan fingerprint density at radius 2 is 2.20 bits per heavy atom. The van der Waals surface area contributed by atoms with E-state index >= 15 is 0 Å². The maximum absolute atomic E-state index is 13.4. The number of carbonyl (C=O) groups is 1. The number of ether oxygens (including phenoxy) is 1. The van der Waals surface area contributed by atoms with E-state index in [2.05, 4.69) is 9.68 Å². The van der Waals surface area contributed by atoms with E-state index < -0.39 is 0 Å². The molecule has 3 rings (SSSR count).